The van der Waals surface area contributed by atoms with Crippen LogP contribution >= 0.6 is 0 Å². The van der Waals surface area contributed by atoms with Gasteiger partial charge in [-0.3, -0.25) is 9.59 Å². The Kier molecular flexibility index (Phi) is 3.57. The Morgan fingerprint density at radius 3 is 2.33 bits per heavy atom. The highest BCUT2D eigenvalue weighted by molar-refractivity contribution is 5.96. The molecule has 4 nitrogen and oxygen atoms in total. The molecule has 0 amide bonds. The van der Waals surface area contributed by atoms with Crippen LogP contribution in [0.25, 0.3) is 0 Å². The van der Waals surface area contributed by atoms with Crippen LogP contribution in [-0.4, -0.2) is 23.5 Å². The minimum absolute atomic E-state index is 0.0683. The molecule has 1 spiro atoms. The van der Waals surface area contributed by atoms with Crippen molar-refractivity contribution in [1.29, 1.82) is 0 Å². The largest absolute Gasteiger partial charge is 0.428 e. The quantitative estimate of drug-likeness (QED) is 0.709. The smallest absolute Gasteiger partial charge is 0.307 e. The van der Waals surface area contributed by atoms with E-state index in [9.17, 15) is 9.59 Å². The zero-order valence-corrected chi connectivity index (χ0v) is 11.2. The molecular weight excluding hydrogens is 232 g/mol. The molecule has 1 aliphatic heterocycles. The summed E-state index contributed by atoms with van der Waals surface area (Å²) in [6.07, 6.45) is 4.64. The molecule has 100 valence electrons. The fraction of sp³-hybridized carbons (Fsp3) is 0.714. The number of rotatable bonds is 2. The highest BCUT2D eigenvalue weighted by Gasteiger charge is 2.49. The second-order valence-corrected chi connectivity index (χ2v) is 5.21. The van der Waals surface area contributed by atoms with E-state index in [0.717, 1.165) is 25.7 Å². The molecule has 1 unspecified atom stereocenters. The summed E-state index contributed by atoms with van der Waals surface area (Å²) in [6.45, 7) is 4.72. The first-order valence-electron chi connectivity index (χ1n) is 6.58. The molecule has 18 heavy (non-hydrogen) atoms. The minimum atomic E-state index is -0.537. The maximum absolute atomic E-state index is 11.7. The Bertz CT molecular complexity index is 402. The normalized spacial score (nSPS) is 26.5. The van der Waals surface area contributed by atoms with Gasteiger partial charge in [0, 0.05) is 6.92 Å². The fourth-order valence-corrected chi connectivity index (χ4v) is 3.09. The van der Waals surface area contributed by atoms with Crippen molar-refractivity contribution in [3.63, 3.8) is 0 Å². The lowest BCUT2D eigenvalue weighted by molar-refractivity contribution is -0.142. The molecule has 0 N–H and O–H groups in total. The van der Waals surface area contributed by atoms with E-state index < -0.39 is 5.60 Å². The zero-order valence-electron chi connectivity index (χ0n) is 11.2. The topological polar surface area (TPSA) is 52.6 Å². The average Bonchev–Trinajstić information content (AvgIpc) is 2.51. The van der Waals surface area contributed by atoms with Crippen molar-refractivity contribution in [2.45, 2.75) is 64.6 Å². The number of carbonyl (C=O) groups is 2. The van der Waals surface area contributed by atoms with Crippen LogP contribution in [0.4, 0.5) is 0 Å². The third-order valence-electron chi connectivity index (χ3n) is 3.75. The first-order valence-corrected chi connectivity index (χ1v) is 6.58. The minimum Gasteiger partial charge on any atom is -0.428 e. The van der Waals surface area contributed by atoms with Gasteiger partial charge in [0.1, 0.15) is 11.4 Å². The van der Waals surface area contributed by atoms with Crippen LogP contribution in [0.15, 0.2) is 11.3 Å². The summed E-state index contributed by atoms with van der Waals surface area (Å²) in [5.41, 5.74) is -0.00301. The molecular formula is C14H20O4. The van der Waals surface area contributed by atoms with Gasteiger partial charge >= 0.3 is 5.97 Å². The molecule has 1 saturated carbocycles. The zero-order chi connectivity index (χ0) is 13.3. The van der Waals surface area contributed by atoms with E-state index in [1.807, 2.05) is 6.92 Å². The molecule has 0 saturated heterocycles. The van der Waals surface area contributed by atoms with Crippen molar-refractivity contribution in [1.82, 2.24) is 0 Å². The first kappa shape index (κ1) is 13.3. The van der Waals surface area contributed by atoms with Crippen LogP contribution < -0.4 is 0 Å². The molecule has 1 heterocycles. The number of Topliss-reactive ketones (excluding diaryl/α,β-unsaturated/α-hetero) is 1. The van der Waals surface area contributed by atoms with Crippen LogP contribution in [0.5, 0.6) is 0 Å². The van der Waals surface area contributed by atoms with Crippen molar-refractivity contribution in [2.75, 3.05) is 0 Å². The number of hydrogen-bond acceptors (Lipinski definition) is 4. The molecule has 1 aliphatic carbocycles. The summed E-state index contributed by atoms with van der Waals surface area (Å²) in [4.78, 5) is 23.0. The summed E-state index contributed by atoms with van der Waals surface area (Å²) >= 11 is 0. The van der Waals surface area contributed by atoms with Gasteiger partial charge in [0.25, 0.3) is 0 Å². The van der Waals surface area contributed by atoms with Gasteiger partial charge in [0.05, 0.1) is 11.7 Å². The van der Waals surface area contributed by atoms with Crippen LogP contribution in [0.2, 0.25) is 0 Å². The van der Waals surface area contributed by atoms with Gasteiger partial charge in [0.2, 0.25) is 0 Å². The van der Waals surface area contributed by atoms with Gasteiger partial charge in [-0.05, 0) is 26.7 Å². The molecule has 0 radical (unpaired) electrons. The van der Waals surface area contributed by atoms with Crippen LogP contribution in [-0.2, 0) is 19.1 Å². The van der Waals surface area contributed by atoms with Gasteiger partial charge in [-0.15, -0.1) is 0 Å². The van der Waals surface area contributed by atoms with E-state index in [1.165, 1.54) is 20.3 Å². The molecule has 0 aromatic carbocycles. The van der Waals surface area contributed by atoms with Gasteiger partial charge < -0.3 is 9.47 Å². The molecule has 0 aromatic rings. The fourth-order valence-electron chi connectivity index (χ4n) is 3.09. The van der Waals surface area contributed by atoms with E-state index in [4.69, 9.17) is 9.47 Å². The summed E-state index contributed by atoms with van der Waals surface area (Å²) in [5, 5.41) is 0. The van der Waals surface area contributed by atoms with Crippen LogP contribution in [0, 0.1) is 0 Å². The predicted molar refractivity (Wildman–Crippen MR) is 65.8 cm³/mol. The number of carbonyl (C=O) groups excluding carboxylic acids is 2. The molecule has 4 heteroatoms. The number of hydrogen-bond donors (Lipinski definition) is 0. The van der Waals surface area contributed by atoms with Crippen molar-refractivity contribution < 1.29 is 19.1 Å². The highest BCUT2D eigenvalue weighted by atomic mass is 16.6. The number of ether oxygens (including phenoxy) is 2. The monoisotopic (exact) mass is 252 g/mol. The summed E-state index contributed by atoms with van der Waals surface area (Å²) in [7, 11) is 0. The molecule has 1 fully saturated rings. The average molecular weight is 252 g/mol. The van der Waals surface area contributed by atoms with Crippen LogP contribution in [0.3, 0.4) is 0 Å². The summed E-state index contributed by atoms with van der Waals surface area (Å²) in [5.74, 6) is 0.0299. The van der Waals surface area contributed by atoms with Crippen molar-refractivity contribution in [2.24, 2.45) is 0 Å². The molecule has 0 aromatic heterocycles. The number of ketones is 1. The standard InChI is InChI=1S/C14H20O4/c1-9(15)12-10(2)18-14(7-5-4-6-8-14)13(12)17-11(3)16/h10H,4-8H2,1-3H3. The highest BCUT2D eigenvalue weighted by Crippen LogP contribution is 2.46. The molecule has 2 aliphatic rings. The van der Waals surface area contributed by atoms with Crippen molar-refractivity contribution in [3.8, 4) is 0 Å². The maximum Gasteiger partial charge on any atom is 0.307 e. The van der Waals surface area contributed by atoms with E-state index in [1.54, 1.807) is 0 Å². The molecule has 2 rings (SSSR count). The lowest BCUT2D eigenvalue weighted by Crippen LogP contribution is -2.36. The first-order chi connectivity index (χ1) is 8.46. The lowest BCUT2D eigenvalue weighted by atomic mass is 9.82. The van der Waals surface area contributed by atoms with Crippen LogP contribution in [0.1, 0.15) is 52.9 Å². The SMILES string of the molecule is CC(=O)OC1=C(C(C)=O)C(C)OC12CCCCC2. The summed E-state index contributed by atoms with van der Waals surface area (Å²) < 4.78 is 11.3. The van der Waals surface area contributed by atoms with Gasteiger partial charge in [-0.25, -0.2) is 0 Å². The Hall–Kier alpha value is -1.16. The third kappa shape index (κ3) is 2.21. The van der Waals surface area contributed by atoms with Crippen molar-refractivity contribution >= 4 is 11.8 Å². The van der Waals surface area contributed by atoms with E-state index in [2.05, 4.69) is 0 Å². The van der Waals surface area contributed by atoms with E-state index in [0.29, 0.717) is 11.3 Å². The van der Waals surface area contributed by atoms with Gasteiger partial charge in [0.15, 0.2) is 5.78 Å². The Morgan fingerprint density at radius 2 is 1.83 bits per heavy atom. The second-order valence-electron chi connectivity index (χ2n) is 5.21. The van der Waals surface area contributed by atoms with Crippen molar-refractivity contribution in [3.05, 3.63) is 11.3 Å². The Morgan fingerprint density at radius 1 is 1.22 bits per heavy atom. The Labute approximate surface area is 107 Å². The summed E-state index contributed by atoms with van der Waals surface area (Å²) in [6, 6.07) is 0. The third-order valence-corrected chi connectivity index (χ3v) is 3.75. The lowest BCUT2D eigenvalue weighted by Gasteiger charge is -2.34. The van der Waals surface area contributed by atoms with Gasteiger partial charge in [-0.1, -0.05) is 19.3 Å². The number of esters is 1. The van der Waals surface area contributed by atoms with E-state index in [-0.39, 0.29) is 17.9 Å². The second kappa shape index (κ2) is 4.84. The molecule has 1 atom stereocenters. The molecule has 0 bridgehead atoms. The van der Waals surface area contributed by atoms with Gasteiger partial charge in [-0.2, -0.15) is 0 Å². The van der Waals surface area contributed by atoms with E-state index >= 15 is 0 Å². The maximum atomic E-state index is 11.7. The Balaban J connectivity index is 2.42. The predicted octanol–water partition coefficient (Wildman–Crippen LogP) is 2.51.